The molecule has 0 bridgehead atoms. The monoisotopic (exact) mass is 319 g/mol. The summed E-state index contributed by atoms with van der Waals surface area (Å²) in [5, 5.41) is 0. The van der Waals surface area contributed by atoms with E-state index in [0.29, 0.717) is 0 Å². The van der Waals surface area contributed by atoms with Gasteiger partial charge in [-0.25, -0.2) is 0 Å². The van der Waals surface area contributed by atoms with Gasteiger partial charge in [-0.05, 0) is 26.0 Å². The number of hydrogen-bond donors (Lipinski definition) is 0. The van der Waals surface area contributed by atoms with Crippen LogP contribution in [0, 0.1) is 5.92 Å². The molecule has 1 aromatic carbocycles. The molecule has 0 fully saturated rings. The van der Waals surface area contributed by atoms with E-state index in [1.807, 2.05) is 0 Å². The normalized spacial score (nSPS) is 14.5. The van der Waals surface area contributed by atoms with Crippen LogP contribution in [0.3, 0.4) is 0 Å². The van der Waals surface area contributed by atoms with Crippen molar-refractivity contribution in [1.29, 1.82) is 0 Å². The van der Waals surface area contributed by atoms with Crippen molar-refractivity contribution in [3.05, 3.63) is 29.3 Å². The smallest absolute Gasteiger partial charge is 0.318 e. The number of methoxy groups -OCH3 is 1. The third kappa shape index (κ3) is 2.94. The number of fused-ring (bicyclic) bond motifs is 1. The van der Waals surface area contributed by atoms with Crippen LogP contribution in [-0.4, -0.2) is 48.7 Å². The van der Waals surface area contributed by atoms with Crippen molar-refractivity contribution in [3.63, 3.8) is 0 Å². The largest absolute Gasteiger partial charge is 0.496 e. The lowest BCUT2D eigenvalue weighted by molar-refractivity contribution is -0.151. The van der Waals surface area contributed by atoms with Crippen molar-refractivity contribution in [3.8, 4) is 5.75 Å². The molecule has 0 saturated carbocycles. The maximum atomic E-state index is 12.5. The average molecular weight is 319 g/mol. The van der Waals surface area contributed by atoms with Crippen LogP contribution in [-0.2, 0) is 14.3 Å². The number of ether oxygens (including phenoxy) is 2. The molecule has 23 heavy (non-hydrogen) atoms. The van der Waals surface area contributed by atoms with Crippen molar-refractivity contribution >= 4 is 23.6 Å². The van der Waals surface area contributed by atoms with Crippen LogP contribution in [0.2, 0.25) is 0 Å². The van der Waals surface area contributed by atoms with Crippen LogP contribution in [0.5, 0.6) is 5.75 Å². The highest BCUT2D eigenvalue weighted by molar-refractivity contribution is 6.23. The fraction of sp³-hybridized carbons (Fsp3) is 0.375. The van der Waals surface area contributed by atoms with Crippen molar-refractivity contribution in [1.82, 2.24) is 4.90 Å². The Labute approximate surface area is 133 Å². The predicted octanol–water partition coefficient (Wildman–Crippen LogP) is 1.06. The highest BCUT2D eigenvalue weighted by Gasteiger charge is 2.41. The zero-order chi connectivity index (χ0) is 17.1. The van der Waals surface area contributed by atoms with E-state index >= 15 is 0 Å². The molecule has 0 N–H and O–H groups in total. The maximum absolute atomic E-state index is 12.5. The third-order valence-electron chi connectivity index (χ3n) is 3.61. The second-order valence-corrected chi connectivity index (χ2v) is 5.02. The van der Waals surface area contributed by atoms with Gasteiger partial charge in [0.2, 0.25) is 0 Å². The van der Waals surface area contributed by atoms with Gasteiger partial charge >= 0.3 is 5.97 Å². The summed E-state index contributed by atoms with van der Waals surface area (Å²) < 4.78 is 9.94. The van der Waals surface area contributed by atoms with E-state index in [1.54, 1.807) is 19.1 Å². The Morgan fingerprint density at radius 2 is 1.91 bits per heavy atom. The molecule has 0 spiro atoms. The van der Waals surface area contributed by atoms with Crippen molar-refractivity contribution in [2.45, 2.75) is 13.8 Å². The Hall–Kier alpha value is -2.70. The number of rotatable bonds is 6. The Bertz CT molecular complexity index is 681. The number of Topliss-reactive ketones (excluding diaryl/α,β-unsaturated/α-hetero) is 1. The van der Waals surface area contributed by atoms with E-state index in [4.69, 9.17) is 9.47 Å². The lowest BCUT2D eigenvalue weighted by Gasteiger charge is -2.19. The number of esters is 1. The molecule has 2 rings (SSSR count). The molecular formula is C16H17NO6. The van der Waals surface area contributed by atoms with E-state index in [9.17, 15) is 19.2 Å². The summed E-state index contributed by atoms with van der Waals surface area (Å²) in [5.41, 5.74) is 0.340. The first-order chi connectivity index (χ1) is 10.9. The molecule has 0 radical (unpaired) electrons. The maximum Gasteiger partial charge on any atom is 0.318 e. The number of nitrogens with zero attached hydrogens (tertiary/aromatic N) is 1. The first-order valence-electron chi connectivity index (χ1n) is 7.12. The molecular weight excluding hydrogens is 302 g/mol. The Morgan fingerprint density at radius 1 is 1.22 bits per heavy atom. The molecule has 1 aliphatic heterocycles. The molecule has 0 unspecified atom stereocenters. The molecule has 0 saturated heterocycles. The van der Waals surface area contributed by atoms with Gasteiger partial charge in [-0.1, -0.05) is 6.07 Å². The molecule has 1 atom stereocenters. The van der Waals surface area contributed by atoms with Crippen LogP contribution < -0.4 is 4.74 Å². The Balaban J connectivity index is 2.32. The van der Waals surface area contributed by atoms with Gasteiger partial charge in [0.1, 0.15) is 17.5 Å². The highest BCUT2D eigenvalue weighted by atomic mass is 16.5. The third-order valence-corrected chi connectivity index (χ3v) is 3.61. The quantitative estimate of drug-likeness (QED) is 0.442. The van der Waals surface area contributed by atoms with E-state index in [2.05, 4.69) is 0 Å². The van der Waals surface area contributed by atoms with Gasteiger partial charge < -0.3 is 9.47 Å². The lowest BCUT2D eigenvalue weighted by atomic mass is 10.1. The molecule has 1 aliphatic rings. The highest BCUT2D eigenvalue weighted by Crippen LogP contribution is 2.31. The minimum Gasteiger partial charge on any atom is -0.496 e. The van der Waals surface area contributed by atoms with Crippen LogP contribution in [0.25, 0.3) is 0 Å². The van der Waals surface area contributed by atoms with E-state index in [0.717, 1.165) is 4.90 Å². The van der Waals surface area contributed by atoms with Crippen molar-refractivity contribution < 1.29 is 28.7 Å². The van der Waals surface area contributed by atoms with E-state index < -0.39 is 29.5 Å². The number of benzene rings is 1. The van der Waals surface area contributed by atoms with Crippen molar-refractivity contribution in [2.75, 3.05) is 20.3 Å². The van der Waals surface area contributed by atoms with Gasteiger partial charge in [-0.15, -0.1) is 0 Å². The van der Waals surface area contributed by atoms with Gasteiger partial charge in [0.25, 0.3) is 11.8 Å². The summed E-state index contributed by atoms with van der Waals surface area (Å²) >= 11 is 0. The van der Waals surface area contributed by atoms with Gasteiger partial charge in [0, 0.05) is 6.54 Å². The Kier molecular flexibility index (Phi) is 4.78. The SMILES string of the molecule is CCOC(=O)[C@@H](CN1C(=O)c2cccc(OC)c2C1=O)C(C)=O. The van der Waals surface area contributed by atoms with Gasteiger partial charge in [0.15, 0.2) is 0 Å². The van der Waals surface area contributed by atoms with Crippen molar-refractivity contribution in [2.24, 2.45) is 5.92 Å². The molecule has 7 nitrogen and oxygen atoms in total. The number of carbonyl (C=O) groups is 4. The number of hydrogen-bond acceptors (Lipinski definition) is 6. The molecule has 0 aliphatic carbocycles. The molecule has 0 aromatic heterocycles. The molecule has 1 heterocycles. The van der Waals surface area contributed by atoms with Gasteiger partial charge in [0.05, 0.1) is 24.8 Å². The zero-order valence-electron chi connectivity index (χ0n) is 13.1. The molecule has 1 aromatic rings. The van der Waals surface area contributed by atoms with Crippen LogP contribution >= 0.6 is 0 Å². The molecule has 7 heteroatoms. The first-order valence-corrected chi connectivity index (χ1v) is 7.12. The first kappa shape index (κ1) is 16.7. The standard InChI is InChI=1S/C16H17NO6/c1-4-23-16(21)11(9(2)18)8-17-14(19)10-6-5-7-12(22-3)13(10)15(17)20/h5-7,11H,4,8H2,1-3H3/t11-/m0/s1. The minimum absolute atomic E-state index is 0.110. The molecule has 122 valence electrons. The summed E-state index contributed by atoms with van der Waals surface area (Å²) in [6, 6.07) is 4.67. The number of amides is 2. The fourth-order valence-corrected chi connectivity index (χ4v) is 2.43. The predicted molar refractivity (Wildman–Crippen MR) is 79.2 cm³/mol. The van der Waals surface area contributed by atoms with Crippen LogP contribution in [0.4, 0.5) is 0 Å². The van der Waals surface area contributed by atoms with E-state index in [1.165, 1.54) is 20.1 Å². The fourth-order valence-electron chi connectivity index (χ4n) is 2.43. The Morgan fingerprint density at radius 3 is 2.48 bits per heavy atom. The zero-order valence-corrected chi connectivity index (χ0v) is 13.1. The summed E-state index contributed by atoms with van der Waals surface area (Å²) in [4.78, 5) is 49.3. The van der Waals surface area contributed by atoms with Gasteiger partial charge in [-0.2, -0.15) is 0 Å². The second-order valence-electron chi connectivity index (χ2n) is 5.02. The topological polar surface area (TPSA) is 90.0 Å². The second kappa shape index (κ2) is 6.60. The van der Waals surface area contributed by atoms with Crippen LogP contribution in [0.15, 0.2) is 18.2 Å². The number of carbonyl (C=O) groups excluding carboxylic acids is 4. The average Bonchev–Trinajstić information content (AvgIpc) is 2.76. The minimum atomic E-state index is -1.19. The summed E-state index contributed by atoms with van der Waals surface area (Å²) in [7, 11) is 1.40. The molecule has 2 amide bonds. The van der Waals surface area contributed by atoms with Crippen LogP contribution in [0.1, 0.15) is 34.6 Å². The summed E-state index contributed by atoms with van der Waals surface area (Å²) in [6.07, 6.45) is 0. The van der Waals surface area contributed by atoms with E-state index in [-0.39, 0.29) is 30.0 Å². The lowest BCUT2D eigenvalue weighted by Crippen LogP contribution is -2.40. The number of imide groups is 1. The summed E-state index contributed by atoms with van der Waals surface area (Å²) in [6.45, 7) is 2.60. The number of ketones is 1. The summed E-state index contributed by atoms with van der Waals surface area (Å²) in [5.74, 6) is -3.27. The van der Waals surface area contributed by atoms with Gasteiger partial charge in [-0.3, -0.25) is 24.1 Å².